The van der Waals surface area contributed by atoms with Crippen molar-refractivity contribution in [1.29, 1.82) is 0 Å². The standard InChI is InChI=1S/C21H17F3N2O2S/c1-26-16-11-13(19(27)25-15-7-8-15)4-9-17(16)29-18(20(26)28)10-12-2-5-14(6-3-12)21(22,23)24/h2-6,9-11,15H,7-8H2,1H3,(H,25,27). The third-order valence-corrected chi connectivity index (χ3v) is 5.84. The van der Waals surface area contributed by atoms with Gasteiger partial charge < -0.3 is 10.2 Å². The minimum atomic E-state index is -4.40. The van der Waals surface area contributed by atoms with Gasteiger partial charge in [0, 0.05) is 23.5 Å². The fraction of sp³-hybridized carbons (Fsp3) is 0.238. The summed E-state index contributed by atoms with van der Waals surface area (Å²) in [5.74, 6) is -0.436. The first-order valence-electron chi connectivity index (χ1n) is 9.02. The Bertz CT molecular complexity index is 1010. The second kappa shape index (κ2) is 7.26. The number of fused-ring (bicyclic) bond motifs is 1. The van der Waals surface area contributed by atoms with Gasteiger partial charge in [0.25, 0.3) is 11.8 Å². The van der Waals surface area contributed by atoms with Gasteiger partial charge in [-0.25, -0.2) is 0 Å². The molecular formula is C21H17F3N2O2S. The molecular weight excluding hydrogens is 401 g/mol. The lowest BCUT2D eigenvalue weighted by molar-refractivity contribution is -0.137. The minimum Gasteiger partial charge on any atom is -0.349 e. The van der Waals surface area contributed by atoms with Crippen LogP contribution in [0.25, 0.3) is 6.08 Å². The fourth-order valence-corrected chi connectivity index (χ4v) is 4.04. The maximum atomic E-state index is 12.7. The highest BCUT2D eigenvalue weighted by molar-refractivity contribution is 8.04. The summed E-state index contributed by atoms with van der Waals surface area (Å²) in [5, 5.41) is 2.92. The molecule has 0 radical (unpaired) electrons. The van der Waals surface area contributed by atoms with E-state index in [-0.39, 0.29) is 17.9 Å². The number of benzene rings is 2. The van der Waals surface area contributed by atoms with E-state index < -0.39 is 11.7 Å². The monoisotopic (exact) mass is 418 g/mol. The minimum absolute atomic E-state index is 0.160. The van der Waals surface area contributed by atoms with Crippen molar-refractivity contribution in [2.45, 2.75) is 30.0 Å². The van der Waals surface area contributed by atoms with E-state index in [1.165, 1.54) is 28.8 Å². The third-order valence-electron chi connectivity index (χ3n) is 4.77. The van der Waals surface area contributed by atoms with Gasteiger partial charge in [0.05, 0.1) is 16.2 Å². The molecule has 2 aromatic carbocycles. The largest absolute Gasteiger partial charge is 0.416 e. The fourth-order valence-electron chi connectivity index (χ4n) is 2.95. The molecule has 0 unspecified atom stereocenters. The first-order valence-corrected chi connectivity index (χ1v) is 9.84. The van der Waals surface area contributed by atoms with Crippen molar-refractivity contribution >= 4 is 35.3 Å². The summed E-state index contributed by atoms with van der Waals surface area (Å²) >= 11 is 1.24. The number of hydrogen-bond acceptors (Lipinski definition) is 3. The number of rotatable bonds is 3. The Morgan fingerprint density at radius 2 is 1.86 bits per heavy atom. The Morgan fingerprint density at radius 3 is 2.48 bits per heavy atom. The first kappa shape index (κ1) is 19.6. The van der Waals surface area contributed by atoms with Gasteiger partial charge in [-0.3, -0.25) is 9.59 Å². The molecule has 2 amide bonds. The molecule has 1 aliphatic carbocycles. The molecule has 2 aliphatic rings. The lowest BCUT2D eigenvalue weighted by atomic mass is 10.1. The Morgan fingerprint density at radius 1 is 1.17 bits per heavy atom. The zero-order valence-electron chi connectivity index (χ0n) is 15.4. The van der Waals surface area contributed by atoms with E-state index in [0.29, 0.717) is 21.7 Å². The van der Waals surface area contributed by atoms with Crippen molar-refractivity contribution in [2.75, 3.05) is 11.9 Å². The van der Waals surface area contributed by atoms with Crippen molar-refractivity contribution in [3.05, 3.63) is 64.1 Å². The predicted molar refractivity (Wildman–Crippen MR) is 106 cm³/mol. The summed E-state index contributed by atoms with van der Waals surface area (Å²) in [5.41, 5.74) is 0.895. The molecule has 1 N–H and O–H groups in total. The lowest BCUT2D eigenvalue weighted by Crippen LogP contribution is -2.31. The Balaban J connectivity index is 1.59. The van der Waals surface area contributed by atoms with Crippen LogP contribution in [0.15, 0.2) is 52.3 Å². The molecule has 0 bridgehead atoms. The summed E-state index contributed by atoms with van der Waals surface area (Å²) in [6, 6.07) is 10.1. The number of nitrogens with one attached hydrogen (secondary N) is 1. The molecule has 4 rings (SSSR count). The molecule has 1 saturated carbocycles. The Labute approximate surface area is 169 Å². The summed E-state index contributed by atoms with van der Waals surface area (Å²) in [4.78, 5) is 27.7. The maximum Gasteiger partial charge on any atom is 0.416 e. The maximum absolute atomic E-state index is 12.7. The second-order valence-electron chi connectivity index (χ2n) is 7.02. The van der Waals surface area contributed by atoms with E-state index in [0.717, 1.165) is 29.9 Å². The van der Waals surface area contributed by atoms with E-state index in [9.17, 15) is 22.8 Å². The molecule has 150 valence electrons. The van der Waals surface area contributed by atoms with Crippen molar-refractivity contribution in [1.82, 2.24) is 5.32 Å². The molecule has 8 heteroatoms. The smallest absolute Gasteiger partial charge is 0.349 e. The highest BCUT2D eigenvalue weighted by Gasteiger charge is 2.31. The van der Waals surface area contributed by atoms with Gasteiger partial charge in [0.2, 0.25) is 0 Å². The number of anilines is 1. The van der Waals surface area contributed by atoms with Crippen LogP contribution in [0.1, 0.15) is 34.3 Å². The van der Waals surface area contributed by atoms with Crippen LogP contribution >= 0.6 is 11.8 Å². The molecule has 0 atom stereocenters. The average molecular weight is 418 g/mol. The van der Waals surface area contributed by atoms with Gasteiger partial charge in [0.1, 0.15) is 0 Å². The molecule has 1 fully saturated rings. The van der Waals surface area contributed by atoms with Gasteiger partial charge in [0.15, 0.2) is 0 Å². The van der Waals surface area contributed by atoms with Crippen LogP contribution < -0.4 is 10.2 Å². The molecule has 29 heavy (non-hydrogen) atoms. The zero-order chi connectivity index (χ0) is 20.8. The lowest BCUT2D eigenvalue weighted by Gasteiger charge is -2.27. The molecule has 1 aliphatic heterocycles. The van der Waals surface area contributed by atoms with Crippen LogP contribution in [0.4, 0.5) is 18.9 Å². The zero-order valence-corrected chi connectivity index (χ0v) is 16.2. The first-order chi connectivity index (χ1) is 13.7. The molecule has 4 nitrogen and oxygen atoms in total. The quantitative estimate of drug-likeness (QED) is 0.735. The Kier molecular flexibility index (Phi) is 4.90. The predicted octanol–water partition coefficient (Wildman–Crippen LogP) is 4.71. The van der Waals surface area contributed by atoms with Gasteiger partial charge in [-0.15, -0.1) is 0 Å². The number of likely N-dealkylation sites (N-methyl/N-ethyl adjacent to an activating group) is 1. The highest BCUT2D eigenvalue weighted by Crippen LogP contribution is 2.42. The normalized spacial score (nSPS) is 18.0. The molecule has 0 saturated heterocycles. The van der Waals surface area contributed by atoms with E-state index in [2.05, 4.69) is 5.32 Å². The molecule has 0 spiro atoms. The van der Waals surface area contributed by atoms with Gasteiger partial charge >= 0.3 is 6.18 Å². The van der Waals surface area contributed by atoms with E-state index in [4.69, 9.17) is 0 Å². The number of halogens is 3. The SMILES string of the molecule is CN1C(=O)C(=Cc2ccc(C(F)(F)F)cc2)Sc2ccc(C(=O)NC3CC3)cc21. The number of carbonyl (C=O) groups excluding carboxylic acids is 2. The summed E-state index contributed by atoms with van der Waals surface area (Å²) in [7, 11) is 1.62. The van der Waals surface area contributed by atoms with Crippen molar-refractivity contribution < 1.29 is 22.8 Å². The van der Waals surface area contributed by atoms with Crippen LogP contribution in [0.5, 0.6) is 0 Å². The molecule has 1 heterocycles. The van der Waals surface area contributed by atoms with Crippen LogP contribution in [0.2, 0.25) is 0 Å². The summed E-state index contributed by atoms with van der Waals surface area (Å²) < 4.78 is 38.1. The van der Waals surface area contributed by atoms with Crippen molar-refractivity contribution in [2.24, 2.45) is 0 Å². The number of thioether (sulfide) groups is 1. The molecule has 2 aromatic rings. The second-order valence-corrected chi connectivity index (χ2v) is 8.11. The van der Waals surface area contributed by atoms with Gasteiger partial charge in [-0.1, -0.05) is 23.9 Å². The van der Waals surface area contributed by atoms with E-state index in [1.807, 2.05) is 0 Å². The number of carbonyl (C=O) groups is 2. The van der Waals surface area contributed by atoms with Crippen molar-refractivity contribution in [3.63, 3.8) is 0 Å². The average Bonchev–Trinajstić information content (AvgIpc) is 3.49. The highest BCUT2D eigenvalue weighted by atomic mass is 32.2. The van der Waals surface area contributed by atoms with Crippen LogP contribution in [0, 0.1) is 0 Å². The summed E-state index contributed by atoms with van der Waals surface area (Å²) in [6.45, 7) is 0. The van der Waals surface area contributed by atoms with Crippen LogP contribution in [0.3, 0.4) is 0 Å². The summed E-state index contributed by atoms with van der Waals surface area (Å²) in [6.07, 6.45) is -0.851. The number of hydrogen-bond donors (Lipinski definition) is 1. The van der Waals surface area contributed by atoms with Gasteiger partial charge in [-0.2, -0.15) is 13.2 Å². The van der Waals surface area contributed by atoms with E-state index >= 15 is 0 Å². The number of amides is 2. The number of nitrogens with zero attached hydrogens (tertiary/aromatic N) is 1. The molecule has 0 aromatic heterocycles. The van der Waals surface area contributed by atoms with E-state index in [1.54, 1.807) is 31.3 Å². The van der Waals surface area contributed by atoms with Crippen LogP contribution in [-0.2, 0) is 11.0 Å². The van der Waals surface area contributed by atoms with Crippen molar-refractivity contribution in [3.8, 4) is 0 Å². The number of alkyl halides is 3. The van der Waals surface area contributed by atoms with Crippen LogP contribution in [-0.4, -0.2) is 24.9 Å². The third kappa shape index (κ3) is 4.17. The topological polar surface area (TPSA) is 49.4 Å². The van der Waals surface area contributed by atoms with Gasteiger partial charge in [-0.05, 0) is 54.8 Å². The Hall–Kier alpha value is -2.74.